The second kappa shape index (κ2) is 5.95. The van der Waals surface area contributed by atoms with Crippen LogP contribution in [0.3, 0.4) is 0 Å². The molecular weight excluding hydrogens is 280 g/mol. The summed E-state index contributed by atoms with van der Waals surface area (Å²) in [7, 11) is -3.02. The highest BCUT2D eigenvalue weighted by Gasteiger charge is 2.30. The Morgan fingerprint density at radius 3 is 2.90 bits per heavy atom. The summed E-state index contributed by atoms with van der Waals surface area (Å²) in [6.07, 6.45) is 7.42. The molecule has 1 aromatic rings. The lowest BCUT2D eigenvalue weighted by molar-refractivity contribution is 0.0526. The van der Waals surface area contributed by atoms with E-state index in [0.717, 1.165) is 12.8 Å². The molecular formula is C13H20N2O4S. The van der Waals surface area contributed by atoms with Crippen LogP contribution >= 0.6 is 0 Å². The molecule has 0 amide bonds. The summed E-state index contributed by atoms with van der Waals surface area (Å²) in [5.74, 6) is -0.394. The molecule has 0 aromatic carbocycles. The molecule has 1 aromatic heterocycles. The number of nitrogens with zero attached hydrogens (tertiary/aromatic N) is 2. The van der Waals surface area contributed by atoms with Crippen molar-refractivity contribution in [1.29, 1.82) is 0 Å². The summed E-state index contributed by atoms with van der Waals surface area (Å²) in [5.41, 5.74) is 0.410. The SMILES string of the molecule is CCOC(=O)c1cnn(C2CCCC(S(C)(=O)=O)C2)c1. The standard InChI is InChI=1S/C13H20N2O4S/c1-3-19-13(16)10-8-14-15(9-10)11-5-4-6-12(7-11)20(2,17)18/h8-9,11-12H,3-7H2,1-2H3. The summed E-state index contributed by atoms with van der Waals surface area (Å²) >= 11 is 0. The Morgan fingerprint density at radius 2 is 2.25 bits per heavy atom. The smallest absolute Gasteiger partial charge is 0.341 e. The van der Waals surface area contributed by atoms with Gasteiger partial charge in [0.1, 0.15) is 9.84 Å². The van der Waals surface area contributed by atoms with Gasteiger partial charge in [-0.15, -0.1) is 0 Å². The molecule has 2 rings (SSSR count). The number of carbonyl (C=O) groups excluding carboxylic acids is 1. The Morgan fingerprint density at radius 1 is 1.50 bits per heavy atom. The fourth-order valence-corrected chi connectivity index (χ4v) is 3.77. The van der Waals surface area contributed by atoms with Gasteiger partial charge in [0, 0.05) is 12.5 Å². The van der Waals surface area contributed by atoms with E-state index in [-0.39, 0.29) is 11.3 Å². The summed E-state index contributed by atoms with van der Waals surface area (Å²) < 4.78 is 29.9. The minimum Gasteiger partial charge on any atom is -0.462 e. The maximum absolute atomic E-state index is 11.7. The van der Waals surface area contributed by atoms with Gasteiger partial charge in [-0.25, -0.2) is 13.2 Å². The van der Waals surface area contributed by atoms with Crippen molar-refractivity contribution in [3.05, 3.63) is 18.0 Å². The van der Waals surface area contributed by atoms with E-state index in [1.807, 2.05) is 0 Å². The number of rotatable bonds is 4. The number of hydrogen-bond acceptors (Lipinski definition) is 5. The quantitative estimate of drug-likeness (QED) is 0.789. The maximum Gasteiger partial charge on any atom is 0.341 e. The highest BCUT2D eigenvalue weighted by Crippen LogP contribution is 2.31. The minimum atomic E-state index is -3.02. The summed E-state index contributed by atoms with van der Waals surface area (Å²) in [5, 5.41) is 3.87. The molecule has 1 fully saturated rings. The van der Waals surface area contributed by atoms with Crippen molar-refractivity contribution in [3.63, 3.8) is 0 Å². The number of ether oxygens (including phenoxy) is 1. The first kappa shape index (κ1) is 15.0. The molecule has 2 atom stereocenters. The van der Waals surface area contributed by atoms with Crippen LogP contribution in [0, 0.1) is 0 Å². The first-order valence-corrected chi connectivity index (χ1v) is 8.77. The van der Waals surface area contributed by atoms with Crippen molar-refractivity contribution in [2.24, 2.45) is 0 Å². The molecule has 2 unspecified atom stereocenters. The second-order valence-corrected chi connectivity index (χ2v) is 7.53. The van der Waals surface area contributed by atoms with E-state index in [1.165, 1.54) is 12.5 Å². The summed E-state index contributed by atoms with van der Waals surface area (Å²) in [4.78, 5) is 11.6. The molecule has 1 aliphatic rings. The van der Waals surface area contributed by atoms with Crippen LogP contribution in [0.2, 0.25) is 0 Å². The Balaban J connectivity index is 2.10. The first-order chi connectivity index (χ1) is 9.41. The molecule has 7 heteroatoms. The van der Waals surface area contributed by atoms with Gasteiger partial charge in [-0.1, -0.05) is 6.42 Å². The fraction of sp³-hybridized carbons (Fsp3) is 0.692. The van der Waals surface area contributed by atoms with E-state index in [0.29, 0.717) is 25.0 Å². The zero-order chi connectivity index (χ0) is 14.8. The zero-order valence-electron chi connectivity index (χ0n) is 11.8. The van der Waals surface area contributed by atoms with Gasteiger partial charge in [0.05, 0.1) is 29.7 Å². The van der Waals surface area contributed by atoms with Crippen LogP contribution in [0.1, 0.15) is 49.0 Å². The van der Waals surface area contributed by atoms with E-state index >= 15 is 0 Å². The molecule has 1 saturated carbocycles. The highest BCUT2D eigenvalue weighted by atomic mass is 32.2. The number of carbonyl (C=O) groups is 1. The number of hydrogen-bond donors (Lipinski definition) is 0. The molecule has 0 aliphatic heterocycles. The monoisotopic (exact) mass is 300 g/mol. The third-order valence-corrected chi connectivity index (χ3v) is 5.33. The molecule has 20 heavy (non-hydrogen) atoms. The van der Waals surface area contributed by atoms with Gasteiger partial charge in [-0.2, -0.15) is 5.10 Å². The van der Waals surface area contributed by atoms with E-state index < -0.39 is 15.8 Å². The van der Waals surface area contributed by atoms with Gasteiger partial charge < -0.3 is 4.74 Å². The second-order valence-electron chi connectivity index (χ2n) is 5.20. The van der Waals surface area contributed by atoms with Crippen molar-refractivity contribution in [2.75, 3.05) is 12.9 Å². The average Bonchev–Trinajstić information content (AvgIpc) is 2.88. The Labute approximate surface area is 119 Å². The lowest BCUT2D eigenvalue weighted by Crippen LogP contribution is -2.29. The minimum absolute atomic E-state index is 0.0339. The van der Waals surface area contributed by atoms with Crippen LogP contribution in [0.4, 0.5) is 0 Å². The van der Waals surface area contributed by atoms with Crippen LogP contribution in [-0.2, 0) is 14.6 Å². The molecule has 0 N–H and O–H groups in total. The molecule has 0 bridgehead atoms. The van der Waals surface area contributed by atoms with Gasteiger partial charge >= 0.3 is 5.97 Å². The third-order valence-electron chi connectivity index (χ3n) is 3.69. The van der Waals surface area contributed by atoms with Crippen molar-refractivity contribution >= 4 is 15.8 Å². The molecule has 0 saturated heterocycles. The van der Waals surface area contributed by atoms with E-state index in [1.54, 1.807) is 17.8 Å². The van der Waals surface area contributed by atoms with Gasteiger partial charge in [0.15, 0.2) is 0 Å². The van der Waals surface area contributed by atoms with E-state index in [4.69, 9.17) is 4.74 Å². The van der Waals surface area contributed by atoms with Gasteiger partial charge in [-0.05, 0) is 26.2 Å². The Bertz CT molecular complexity index is 579. The molecule has 0 spiro atoms. The van der Waals surface area contributed by atoms with Crippen LogP contribution in [0.15, 0.2) is 12.4 Å². The molecule has 0 radical (unpaired) electrons. The summed E-state index contributed by atoms with van der Waals surface area (Å²) in [6, 6.07) is 0.0339. The van der Waals surface area contributed by atoms with Crippen LogP contribution in [0.25, 0.3) is 0 Å². The first-order valence-electron chi connectivity index (χ1n) is 6.82. The Hall–Kier alpha value is -1.37. The highest BCUT2D eigenvalue weighted by molar-refractivity contribution is 7.91. The number of sulfone groups is 1. The predicted octanol–water partition coefficient (Wildman–Crippen LogP) is 1.59. The van der Waals surface area contributed by atoms with Gasteiger partial charge in [0.2, 0.25) is 0 Å². The number of esters is 1. The lowest BCUT2D eigenvalue weighted by Gasteiger charge is -2.28. The van der Waals surface area contributed by atoms with Crippen LogP contribution in [0.5, 0.6) is 0 Å². The molecule has 1 aliphatic carbocycles. The predicted molar refractivity (Wildman–Crippen MR) is 74.3 cm³/mol. The topological polar surface area (TPSA) is 78.3 Å². The molecule has 112 valence electrons. The third kappa shape index (κ3) is 3.39. The Kier molecular flexibility index (Phi) is 4.47. The zero-order valence-corrected chi connectivity index (χ0v) is 12.6. The normalized spacial score (nSPS) is 23.5. The van der Waals surface area contributed by atoms with E-state index in [2.05, 4.69) is 5.10 Å². The van der Waals surface area contributed by atoms with Crippen molar-refractivity contribution in [1.82, 2.24) is 9.78 Å². The average molecular weight is 300 g/mol. The fourth-order valence-electron chi connectivity index (χ4n) is 2.61. The van der Waals surface area contributed by atoms with Crippen LogP contribution < -0.4 is 0 Å². The van der Waals surface area contributed by atoms with Crippen LogP contribution in [-0.4, -0.2) is 42.3 Å². The maximum atomic E-state index is 11.7. The van der Waals surface area contributed by atoms with Gasteiger partial charge in [0.25, 0.3) is 0 Å². The van der Waals surface area contributed by atoms with Crippen molar-refractivity contribution < 1.29 is 17.9 Å². The largest absolute Gasteiger partial charge is 0.462 e. The van der Waals surface area contributed by atoms with E-state index in [9.17, 15) is 13.2 Å². The van der Waals surface area contributed by atoms with Gasteiger partial charge in [-0.3, -0.25) is 4.68 Å². The molecule has 1 heterocycles. The number of aromatic nitrogens is 2. The molecule has 6 nitrogen and oxygen atoms in total. The van der Waals surface area contributed by atoms with Crippen molar-refractivity contribution in [3.8, 4) is 0 Å². The van der Waals surface area contributed by atoms with Crippen molar-refractivity contribution in [2.45, 2.75) is 43.9 Å². The lowest BCUT2D eigenvalue weighted by atomic mass is 9.95. The summed E-state index contributed by atoms with van der Waals surface area (Å²) in [6.45, 7) is 2.07.